The van der Waals surface area contributed by atoms with Crippen molar-refractivity contribution < 1.29 is 60.3 Å². The van der Waals surface area contributed by atoms with Crippen molar-refractivity contribution in [2.45, 2.75) is 87.0 Å². The molecule has 0 atom stereocenters. The van der Waals surface area contributed by atoms with Crippen LogP contribution in [0.25, 0.3) is 134 Å². The van der Waals surface area contributed by atoms with Gasteiger partial charge in [0.2, 0.25) is 0 Å². The van der Waals surface area contributed by atoms with Crippen LogP contribution in [-0.4, -0.2) is 54.1 Å². The summed E-state index contributed by atoms with van der Waals surface area (Å²) in [5, 5.41) is 5.91. The predicted molar refractivity (Wildman–Crippen MR) is 557 cm³/mol. The minimum Gasteiger partial charge on any atom is -0.305 e. The van der Waals surface area contributed by atoms with Gasteiger partial charge in [-0.3, -0.25) is 0 Å². The van der Waals surface area contributed by atoms with Crippen LogP contribution in [0.3, 0.4) is 0 Å². The molecule has 0 bridgehead atoms. The molecule has 19 rings (SSSR count). The summed E-state index contributed by atoms with van der Waals surface area (Å²) in [6.45, 7) is 30.2. The van der Waals surface area contributed by atoms with Gasteiger partial charge in [-0.05, 0) is 154 Å². The van der Waals surface area contributed by atoms with E-state index in [4.69, 9.17) is 15.0 Å². The molecular formula is C121H108Ir3N6Si3-6. The maximum absolute atomic E-state index is 4.82. The molecule has 3 radical (unpaired) electrons. The van der Waals surface area contributed by atoms with Crippen molar-refractivity contribution in [3.05, 3.63) is 484 Å². The summed E-state index contributed by atoms with van der Waals surface area (Å²) in [5.74, 6) is 0. The van der Waals surface area contributed by atoms with Crippen LogP contribution in [-0.2, 0) is 60.3 Å². The summed E-state index contributed by atoms with van der Waals surface area (Å²) in [6.07, 6.45) is 11.4. The number of nitrogens with zero attached hydrogens (tertiary/aromatic N) is 6. The van der Waals surface area contributed by atoms with Crippen molar-refractivity contribution in [3.63, 3.8) is 0 Å². The zero-order chi connectivity index (χ0) is 90.8. The van der Waals surface area contributed by atoms with E-state index in [1.807, 2.05) is 182 Å². The van der Waals surface area contributed by atoms with Gasteiger partial charge in [0.25, 0.3) is 0 Å². The van der Waals surface area contributed by atoms with E-state index in [0.717, 1.165) is 67.5 Å². The Morgan fingerprint density at radius 2 is 0.519 bits per heavy atom. The molecule has 6 heterocycles. The monoisotopic (exact) mass is 2310 g/mol. The van der Waals surface area contributed by atoms with Gasteiger partial charge >= 0.3 is 0 Å². The molecule has 6 nitrogen and oxygen atoms in total. The molecule has 12 heteroatoms. The molecule has 0 amide bonds. The van der Waals surface area contributed by atoms with Crippen molar-refractivity contribution in [1.29, 1.82) is 0 Å². The van der Waals surface area contributed by atoms with Crippen molar-refractivity contribution in [2.24, 2.45) is 0 Å². The van der Waals surface area contributed by atoms with Gasteiger partial charge in [-0.1, -0.05) is 310 Å². The summed E-state index contributed by atoms with van der Waals surface area (Å²) in [4.78, 5) is 27.1. The fraction of sp³-hybridized carbons (Fsp3) is 0.107. The molecule has 0 fully saturated rings. The first-order chi connectivity index (χ1) is 63.1. The van der Waals surface area contributed by atoms with Crippen molar-refractivity contribution >= 4 is 45.0 Å². The van der Waals surface area contributed by atoms with Gasteiger partial charge in [0.15, 0.2) is 0 Å². The van der Waals surface area contributed by atoms with Gasteiger partial charge in [0.1, 0.15) is 8.07 Å². The molecule has 0 spiro atoms. The number of hydrogen-bond donors (Lipinski definition) is 0. The minimum absolute atomic E-state index is 0. The number of rotatable bonds is 16. The van der Waals surface area contributed by atoms with Gasteiger partial charge < -0.3 is 29.9 Å². The second kappa shape index (κ2) is 48.7. The van der Waals surface area contributed by atoms with E-state index in [2.05, 4.69) is 357 Å². The number of benzene rings is 13. The summed E-state index contributed by atoms with van der Waals surface area (Å²) >= 11 is 0. The molecule has 0 N–H and O–H groups in total. The topological polar surface area (TPSA) is 77.3 Å². The summed E-state index contributed by atoms with van der Waals surface area (Å²) in [6, 6.07) is 151. The van der Waals surface area contributed by atoms with E-state index >= 15 is 0 Å². The Labute approximate surface area is 832 Å². The molecular weight excluding hydrogens is 2200 g/mol. The molecule has 0 aliphatic heterocycles. The van der Waals surface area contributed by atoms with E-state index in [1.165, 1.54) is 115 Å². The number of pyridine rings is 6. The van der Waals surface area contributed by atoms with Gasteiger partial charge in [-0.2, -0.15) is 0 Å². The second-order valence-corrected chi connectivity index (χ2v) is 49.4. The third-order valence-electron chi connectivity index (χ3n) is 23.0. The standard InChI is InChI=1S/C32H28NSi.2C28H28NSi.3C11H8N.3Ir/c1-24-21-32(28-14-10-13-27(22-28)25-11-6-4-7-12-25)33-23-31(24)26-17-19-30(20-18-26)34(2,3)29-15-8-5-9-16-29;1-20-16-26(30(3,4)5)17-21(2)28(20)25-14-15-27(29-19-25)24-13-9-12-23(18-24)22-10-7-6-8-11-22;1-20-16-25(30(3,4)5)14-15-26(20)27-19-29-28(17-21(27)2)24-13-9-12-23(18-24)22-10-7-6-8-11-22;3*1-2-6-10(7-3-1)11-8-4-5-9-12-11;;;/h4-13,15-23H,1-3H3;2*6-12,14-19H,1-5H3;3*1-6,8-9H;;;/q6*-1;;;. The van der Waals surface area contributed by atoms with Crippen LogP contribution >= 0.6 is 0 Å². The van der Waals surface area contributed by atoms with Crippen LogP contribution < -0.4 is 20.7 Å². The van der Waals surface area contributed by atoms with E-state index in [-0.39, 0.29) is 60.3 Å². The largest absolute Gasteiger partial charge is 0.305 e. The van der Waals surface area contributed by atoms with Crippen LogP contribution in [0.5, 0.6) is 0 Å². The van der Waals surface area contributed by atoms with Crippen LogP contribution in [0.4, 0.5) is 0 Å². The first-order valence-electron chi connectivity index (χ1n) is 44.2. The fourth-order valence-electron chi connectivity index (χ4n) is 15.6. The Balaban J connectivity index is 0.000000161. The first kappa shape index (κ1) is 101. The Kier molecular flexibility index (Phi) is 36.9. The Morgan fingerprint density at radius 3 is 0.872 bits per heavy atom. The van der Waals surface area contributed by atoms with E-state index in [1.54, 1.807) is 18.6 Å². The van der Waals surface area contributed by atoms with Crippen LogP contribution in [0, 0.1) is 71.0 Å². The van der Waals surface area contributed by atoms with Crippen molar-refractivity contribution in [1.82, 2.24) is 29.9 Å². The third-order valence-corrected chi connectivity index (χ3v) is 30.6. The molecule has 0 aliphatic carbocycles. The zero-order valence-electron chi connectivity index (χ0n) is 77.5. The third kappa shape index (κ3) is 27.5. The van der Waals surface area contributed by atoms with Crippen molar-refractivity contribution in [3.8, 4) is 134 Å². The summed E-state index contributed by atoms with van der Waals surface area (Å²) < 4.78 is 0. The normalized spacial score (nSPS) is 10.7. The molecule has 19 aromatic rings. The summed E-state index contributed by atoms with van der Waals surface area (Å²) in [7, 11) is -4.33. The van der Waals surface area contributed by atoms with Gasteiger partial charge in [-0.15, -0.1) is 214 Å². The Hall–Kier alpha value is -12.6. The molecule has 0 unspecified atom stereocenters. The second-order valence-electron chi connectivity index (χ2n) is 34.8. The molecule has 0 saturated heterocycles. The van der Waals surface area contributed by atoms with E-state index in [9.17, 15) is 0 Å². The van der Waals surface area contributed by atoms with Gasteiger partial charge in [-0.25, -0.2) is 0 Å². The average Bonchev–Trinajstić information content (AvgIpc) is 0.794. The first-order valence-corrected chi connectivity index (χ1v) is 54.2. The number of aromatic nitrogens is 6. The van der Waals surface area contributed by atoms with Crippen molar-refractivity contribution in [2.75, 3.05) is 0 Å². The van der Waals surface area contributed by atoms with Gasteiger partial charge in [0, 0.05) is 109 Å². The molecule has 133 heavy (non-hydrogen) atoms. The molecule has 0 aliphatic rings. The predicted octanol–water partition coefficient (Wildman–Crippen LogP) is 28.7. The molecule has 13 aromatic carbocycles. The number of hydrogen-bond acceptors (Lipinski definition) is 6. The fourth-order valence-corrected chi connectivity index (χ4v) is 20.5. The Morgan fingerprint density at radius 1 is 0.195 bits per heavy atom. The maximum Gasteiger partial charge on any atom is 0.112 e. The average molecular weight is 2310 g/mol. The molecule has 6 aromatic heterocycles. The van der Waals surface area contributed by atoms with E-state index < -0.39 is 24.2 Å². The number of aryl methyl sites for hydroxylation is 5. The minimum atomic E-state index is -1.70. The van der Waals surface area contributed by atoms with Gasteiger partial charge in [0.05, 0.1) is 16.1 Å². The van der Waals surface area contributed by atoms with E-state index in [0.29, 0.717) is 0 Å². The maximum atomic E-state index is 4.82. The van der Waals surface area contributed by atoms with Crippen LogP contribution in [0.2, 0.25) is 52.4 Å². The smallest absolute Gasteiger partial charge is 0.112 e. The van der Waals surface area contributed by atoms with Crippen LogP contribution in [0.15, 0.2) is 419 Å². The summed E-state index contributed by atoms with van der Waals surface area (Å²) in [5.41, 5.74) is 32.9. The zero-order valence-corrected chi connectivity index (χ0v) is 87.7. The molecule has 667 valence electrons. The Bertz CT molecular complexity index is 6510. The van der Waals surface area contributed by atoms with Crippen LogP contribution in [0.1, 0.15) is 27.8 Å². The molecule has 0 saturated carbocycles. The quantitative estimate of drug-likeness (QED) is 0.0709. The SMILES string of the molecule is Cc1cc(-c2[c-]ccc(-c3ccccc3)c2)ncc1-c1ccc([Si](C)(C)c2ccccc2)cc1.Cc1cc([Si](C)(C)C)cc(C)c1-c1ccc(-c2[c-]ccc(-c3ccccc3)c2)nc1.Cc1cc([Si](C)(C)C)ccc1-c1cnc(-c2[c-]ccc(-c3ccccc3)c2)cc1C.[Ir].[Ir].[Ir].[c-]1ccccc1-c1ccccn1.[c-]1ccccc1-c1ccccn1.[c-]1ccccc1-c1ccccn1.